The van der Waals surface area contributed by atoms with Crippen molar-refractivity contribution in [2.75, 3.05) is 19.8 Å². The van der Waals surface area contributed by atoms with Crippen molar-refractivity contribution in [2.45, 2.75) is 24.9 Å². The summed E-state index contributed by atoms with van der Waals surface area (Å²) < 4.78 is 5.44. The van der Waals surface area contributed by atoms with E-state index >= 15 is 0 Å². The summed E-state index contributed by atoms with van der Waals surface area (Å²) in [5, 5.41) is 6.57. The van der Waals surface area contributed by atoms with Gasteiger partial charge in [0, 0.05) is 19.0 Å². The van der Waals surface area contributed by atoms with Gasteiger partial charge < -0.3 is 15.4 Å². The summed E-state index contributed by atoms with van der Waals surface area (Å²) in [4.78, 5) is 12.7. The van der Waals surface area contributed by atoms with Gasteiger partial charge in [-0.05, 0) is 18.1 Å². The van der Waals surface area contributed by atoms with Gasteiger partial charge in [-0.2, -0.15) is 0 Å². The fourth-order valence-corrected chi connectivity index (χ4v) is 3.16. The van der Waals surface area contributed by atoms with Crippen molar-refractivity contribution in [2.24, 2.45) is 0 Å². The van der Waals surface area contributed by atoms with Crippen LogP contribution in [0.1, 0.15) is 24.5 Å². The molecule has 1 unspecified atom stereocenters. The molecule has 25 heavy (non-hydrogen) atoms. The largest absolute Gasteiger partial charge is 0.378 e. The molecule has 0 radical (unpaired) electrons. The van der Waals surface area contributed by atoms with Crippen LogP contribution < -0.4 is 10.6 Å². The molecule has 0 aromatic heterocycles. The fourth-order valence-electron chi connectivity index (χ4n) is 3.16. The predicted molar refractivity (Wildman–Crippen MR) is 102 cm³/mol. The molecule has 134 valence electrons. The Kier molecular flexibility index (Phi) is 7.00. The maximum Gasteiger partial charge on any atom is 0.222 e. The number of halogens is 1. The summed E-state index contributed by atoms with van der Waals surface area (Å²) in [7, 11) is 0. The van der Waals surface area contributed by atoms with Gasteiger partial charge in [0.2, 0.25) is 5.91 Å². The minimum absolute atomic E-state index is 0. The van der Waals surface area contributed by atoms with Crippen LogP contribution in [-0.4, -0.2) is 31.7 Å². The van der Waals surface area contributed by atoms with Crippen molar-refractivity contribution in [3.05, 3.63) is 71.8 Å². The number of nitrogens with one attached hydrogen (secondary N) is 2. The second-order valence-corrected chi connectivity index (χ2v) is 6.34. The van der Waals surface area contributed by atoms with Crippen molar-refractivity contribution in [3.8, 4) is 0 Å². The highest BCUT2D eigenvalue weighted by molar-refractivity contribution is 5.85. The van der Waals surface area contributed by atoms with Crippen LogP contribution in [0, 0.1) is 0 Å². The highest BCUT2D eigenvalue weighted by Crippen LogP contribution is 2.29. The van der Waals surface area contributed by atoms with Crippen LogP contribution >= 0.6 is 12.4 Å². The summed E-state index contributed by atoms with van der Waals surface area (Å²) in [5.74, 6) is 0.0215. The molecule has 1 atom stereocenters. The van der Waals surface area contributed by atoms with E-state index in [0.29, 0.717) is 19.6 Å². The number of carbonyl (C=O) groups excluding carboxylic acids is 1. The molecule has 0 aliphatic carbocycles. The van der Waals surface area contributed by atoms with Crippen molar-refractivity contribution in [1.29, 1.82) is 0 Å². The van der Waals surface area contributed by atoms with Crippen LogP contribution in [0.2, 0.25) is 0 Å². The Bertz CT molecular complexity index is 618. The van der Waals surface area contributed by atoms with Crippen molar-refractivity contribution >= 4 is 18.3 Å². The molecule has 0 saturated carbocycles. The van der Waals surface area contributed by atoms with Crippen LogP contribution in [0.5, 0.6) is 0 Å². The molecule has 1 saturated heterocycles. The van der Waals surface area contributed by atoms with Crippen LogP contribution in [-0.2, 0) is 15.1 Å². The number of ether oxygens (including phenoxy) is 1. The average Bonchev–Trinajstić information content (AvgIpc) is 2.64. The molecule has 1 aliphatic rings. The highest BCUT2D eigenvalue weighted by Gasteiger charge is 2.31. The molecular weight excluding hydrogens is 336 g/mol. The summed E-state index contributed by atoms with van der Waals surface area (Å²) in [6.07, 6.45) is 0.412. The number of morpholine rings is 1. The summed E-state index contributed by atoms with van der Waals surface area (Å²) >= 11 is 0. The zero-order valence-corrected chi connectivity index (χ0v) is 15.2. The lowest BCUT2D eigenvalue weighted by atomic mass is 9.84. The van der Waals surface area contributed by atoms with Gasteiger partial charge in [-0.3, -0.25) is 4.79 Å². The molecule has 0 spiro atoms. The number of rotatable bonds is 5. The minimum Gasteiger partial charge on any atom is -0.378 e. The zero-order valence-electron chi connectivity index (χ0n) is 14.4. The van der Waals surface area contributed by atoms with E-state index in [9.17, 15) is 4.79 Å². The second-order valence-electron chi connectivity index (χ2n) is 6.34. The summed E-state index contributed by atoms with van der Waals surface area (Å²) in [6.45, 7) is 4.15. The topological polar surface area (TPSA) is 50.4 Å². The van der Waals surface area contributed by atoms with E-state index < -0.39 is 5.54 Å². The third-order valence-corrected chi connectivity index (χ3v) is 4.52. The Labute approximate surface area is 155 Å². The van der Waals surface area contributed by atoms with Crippen LogP contribution in [0.3, 0.4) is 0 Å². The molecule has 1 amide bonds. The first-order valence-corrected chi connectivity index (χ1v) is 8.42. The van der Waals surface area contributed by atoms with Gasteiger partial charge in [0.1, 0.15) is 0 Å². The zero-order chi connectivity index (χ0) is 16.8. The van der Waals surface area contributed by atoms with Gasteiger partial charge in [-0.25, -0.2) is 0 Å². The predicted octanol–water partition coefficient (Wildman–Crippen LogP) is 2.87. The molecule has 4 nitrogen and oxygen atoms in total. The van der Waals surface area contributed by atoms with E-state index in [4.69, 9.17) is 4.74 Å². The molecule has 5 heteroatoms. The number of carbonyl (C=O) groups is 1. The molecule has 2 aromatic carbocycles. The summed E-state index contributed by atoms with van der Waals surface area (Å²) in [5.41, 5.74) is 1.57. The minimum atomic E-state index is -0.560. The van der Waals surface area contributed by atoms with Gasteiger partial charge in [0.15, 0.2) is 0 Å². The quantitative estimate of drug-likeness (QED) is 0.862. The van der Waals surface area contributed by atoms with E-state index in [2.05, 4.69) is 41.8 Å². The van der Waals surface area contributed by atoms with Crippen molar-refractivity contribution in [1.82, 2.24) is 10.6 Å². The lowest BCUT2D eigenvalue weighted by molar-refractivity contribution is -0.123. The fraction of sp³-hybridized carbons (Fsp3) is 0.350. The molecule has 1 aliphatic heterocycles. The molecule has 2 N–H and O–H groups in total. The molecule has 0 bridgehead atoms. The first-order chi connectivity index (χ1) is 11.7. The van der Waals surface area contributed by atoms with Crippen molar-refractivity contribution in [3.63, 3.8) is 0 Å². The third kappa shape index (κ3) is 4.82. The molecule has 2 aromatic rings. The molecular formula is C20H25ClN2O2. The lowest BCUT2D eigenvalue weighted by Crippen LogP contribution is -2.49. The second kappa shape index (κ2) is 8.99. The Morgan fingerprint density at radius 1 is 1.12 bits per heavy atom. The molecule has 1 fully saturated rings. The Hall–Kier alpha value is -1.88. The Balaban J connectivity index is 0.00000225. The van der Waals surface area contributed by atoms with Crippen LogP contribution in [0.25, 0.3) is 0 Å². The van der Waals surface area contributed by atoms with Gasteiger partial charge in [-0.15, -0.1) is 12.4 Å². The first-order valence-electron chi connectivity index (χ1n) is 8.42. The average molecular weight is 361 g/mol. The number of benzene rings is 2. The smallest absolute Gasteiger partial charge is 0.222 e. The van der Waals surface area contributed by atoms with E-state index in [1.807, 2.05) is 36.4 Å². The van der Waals surface area contributed by atoms with E-state index in [1.165, 1.54) is 0 Å². The van der Waals surface area contributed by atoms with Crippen LogP contribution in [0.4, 0.5) is 0 Å². The molecule has 1 heterocycles. The van der Waals surface area contributed by atoms with Crippen molar-refractivity contribution < 1.29 is 9.53 Å². The highest BCUT2D eigenvalue weighted by atomic mass is 35.5. The van der Waals surface area contributed by atoms with Gasteiger partial charge in [-0.1, -0.05) is 60.7 Å². The lowest BCUT2D eigenvalue weighted by Gasteiger charge is -2.33. The standard InChI is InChI=1S/C20H24N2O2.ClH/c1-20(16-8-4-2-5-9-16,17-10-6-3-7-11-17)22-19(23)14-18-15-24-13-12-21-18;/h2-11,18,21H,12-15H2,1H3,(H,22,23);1H. The van der Waals surface area contributed by atoms with E-state index in [-0.39, 0.29) is 24.4 Å². The number of amides is 1. The monoisotopic (exact) mass is 360 g/mol. The van der Waals surface area contributed by atoms with E-state index in [1.54, 1.807) is 0 Å². The first kappa shape index (κ1) is 19.4. The normalized spacial score (nSPS) is 17.4. The van der Waals surface area contributed by atoms with Gasteiger partial charge in [0.25, 0.3) is 0 Å². The molecule has 3 rings (SSSR count). The van der Waals surface area contributed by atoms with E-state index in [0.717, 1.165) is 17.7 Å². The summed E-state index contributed by atoms with van der Waals surface area (Å²) in [6, 6.07) is 20.3. The third-order valence-electron chi connectivity index (χ3n) is 4.52. The Morgan fingerprint density at radius 2 is 1.68 bits per heavy atom. The SMILES string of the molecule is CC(NC(=O)CC1COCCN1)(c1ccccc1)c1ccccc1.Cl. The van der Waals surface area contributed by atoms with Gasteiger partial charge in [0.05, 0.1) is 18.8 Å². The number of hydrogen-bond acceptors (Lipinski definition) is 3. The Morgan fingerprint density at radius 3 is 2.16 bits per heavy atom. The number of hydrogen-bond donors (Lipinski definition) is 2. The maximum atomic E-state index is 12.7. The maximum absolute atomic E-state index is 12.7. The van der Waals surface area contributed by atoms with Gasteiger partial charge >= 0.3 is 0 Å². The van der Waals surface area contributed by atoms with Crippen LogP contribution in [0.15, 0.2) is 60.7 Å².